The molecule has 1 aromatic rings. The second-order valence-corrected chi connectivity index (χ2v) is 4.85. The molecule has 0 aromatic heterocycles. The number of aryl methyl sites for hydroxylation is 1. The highest BCUT2D eigenvalue weighted by molar-refractivity contribution is 5.26. The number of hydrogen-bond acceptors (Lipinski definition) is 1. The third-order valence-electron chi connectivity index (χ3n) is 3.27. The Hall–Kier alpha value is -0.820. The van der Waals surface area contributed by atoms with Crippen LogP contribution in [-0.2, 0) is 6.42 Å². The van der Waals surface area contributed by atoms with E-state index in [2.05, 4.69) is 45.0 Å². The molecule has 1 aromatic carbocycles. The van der Waals surface area contributed by atoms with E-state index in [1.54, 1.807) is 0 Å². The van der Waals surface area contributed by atoms with Crippen molar-refractivity contribution in [2.24, 2.45) is 11.7 Å². The predicted octanol–water partition coefficient (Wildman–Crippen LogP) is 4.08. The molecule has 0 aliphatic rings. The quantitative estimate of drug-likeness (QED) is 0.766. The molecule has 1 heteroatoms. The summed E-state index contributed by atoms with van der Waals surface area (Å²) in [5.41, 5.74) is 8.95. The Bertz CT molecular complexity index is 306. The van der Waals surface area contributed by atoms with E-state index in [1.807, 2.05) is 0 Å². The number of benzene rings is 1. The molecule has 1 nitrogen and oxygen atoms in total. The first-order chi connectivity index (χ1) is 7.67. The monoisotopic (exact) mass is 219 g/mol. The Morgan fingerprint density at radius 2 is 2.00 bits per heavy atom. The van der Waals surface area contributed by atoms with Crippen LogP contribution in [0.1, 0.15) is 57.2 Å². The van der Waals surface area contributed by atoms with Crippen LogP contribution in [-0.4, -0.2) is 0 Å². The van der Waals surface area contributed by atoms with E-state index in [4.69, 9.17) is 5.73 Å². The molecule has 0 fully saturated rings. The third-order valence-corrected chi connectivity index (χ3v) is 3.27. The molecule has 0 aliphatic carbocycles. The Balaban J connectivity index is 2.67. The molecular formula is C15H25N. The topological polar surface area (TPSA) is 26.0 Å². The summed E-state index contributed by atoms with van der Waals surface area (Å²) in [6.07, 6.45) is 4.66. The van der Waals surface area contributed by atoms with Crippen molar-refractivity contribution in [1.29, 1.82) is 0 Å². The van der Waals surface area contributed by atoms with E-state index < -0.39 is 0 Å². The van der Waals surface area contributed by atoms with E-state index >= 15 is 0 Å². The second kappa shape index (κ2) is 6.70. The number of hydrogen-bond donors (Lipinski definition) is 1. The van der Waals surface area contributed by atoms with E-state index in [-0.39, 0.29) is 6.04 Å². The Kier molecular flexibility index (Phi) is 5.54. The van der Waals surface area contributed by atoms with E-state index in [0.717, 1.165) is 12.8 Å². The highest BCUT2D eigenvalue weighted by Crippen LogP contribution is 2.21. The van der Waals surface area contributed by atoms with Gasteiger partial charge >= 0.3 is 0 Å². The van der Waals surface area contributed by atoms with Crippen molar-refractivity contribution < 1.29 is 0 Å². The zero-order valence-corrected chi connectivity index (χ0v) is 10.9. The van der Waals surface area contributed by atoms with Gasteiger partial charge in [-0.3, -0.25) is 0 Å². The zero-order chi connectivity index (χ0) is 12.0. The standard InChI is InChI=1S/C15H25N/c1-4-7-13-8-6-9-14(11-13)15(16)10-12(3)5-2/h6,8-9,11-12,15H,4-5,7,10,16H2,1-3H3. The van der Waals surface area contributed by atoms with E-state index in [1.165, 1.54) is 24.0 Å². The molecule has 0 spiro atoms. The van der Waals surface area contributed by atoms with Gasteiger partial charge in [0.15, 0.2) is 0 Å². The van der Waals surface area contributed by atoms with Crippen molar-refractivity contribution in [1.82, 2.24) is 0 Å². The summed E-state index contributed by atoms with van der Waals surface area (Å²) in [6, 6.07) is 8.97. The van der Waals surface area contributed by atoms with Crippen LogP contribution in [0.15, 0.2) is 24.3 Å². The summed E-state index contributed by atoms with van der Waals surface area (Å²) in [7, 11) is 0. The fourth-order valence-corrected chi connectivity index (χ4v) is 2.00. The van der Waals surface area contributed by atoms with Gasteiger partial charge in [-0.05, 0) is 29.9 Å². The van der Waals surface area contributed by atoms with Gasteiger partial charge in [-0.1, -0.05) is 57.9 Å². The van der Waals surface area contributed by atoms with Crippen molar-refractivity contribution >= 4 is 0 Å². The van der Waals surface area contributed by atoms with Gasteiger partial charge < -0.3 is 5.73 Å². The summed E-state index contributed by atoms with van der Waals surface area (Å²) in [4.78, 5) is 0. The molecule has 0 radical (unpaired) electrons. The Morgan fingerprint density at radius 3 is 2.62 bits per heavy atom. The second-order valence-electron chi connectivity index (χ2n) is 4.85. The van der Waals surface area contributed by atoms with Gasteiger partial charge in [0.2, 0.25) is 0 Å². The third kappa shape index (κ3) is 3.97. The van der Waals surface area contributed by atoms with Crippen molar-refractivity contribution in [2.75, 3.05) is 0 Å². The molecule has 2 atom stereocenters. The summed E-state index contributed by atoms with van der Waals surface area (Å²) in [6.45, 7) is 6.71. The molecule has 0 bridgehead atoms. The van der Waals surface area contributed by atoms with E-state index in [9.17, 15) is 0 Å². The summed E-state index contributed by atoms with van der Waals surface area (Å²) >= 11 is 0. The first-order valence-electron chi connectivity index (χ1n) is 6.51. The van der Waals surface area contributed by atoms with Crippen LogP contribution in [0.3, 0.4) is 0 Å². The van der Waals surface area contributed by atoms with Crippen LogP contribution in [0.25, 0.3) is 0 Å². The van der Waals surface area contributed by atoms with Crippen LogP contribution in [0, 0.1) is 5.92 Å². The smallest absolute Gasteiger partial charge is 0.0297 e. The van der Waals surface area contributed by atoms with Crippen molar-refractivity contribution in [2.45, 2.75) is 52.5 Å². The molecule has 0 heterocycles. The normalized spacial score (nSPS) is 14.8. The minimum atomic E-state index is 0.201. The maximum absolute atomic E-state index is 6.24. The molecule has 1 rings (SSSR count). The number of rotatable bonds is 6. The summed E-state index contributed by atoms with van der Waals surface area (Å²) < 4.78 is 0. The molecule has 2 unspecified atom stereocenters. The minimum absolute atomic E-state index is 0.201. The van der Waals surface area contributed by atoms with Gasteiger partial charge in [-0.2, -0.15) is 0 Å². The predicted molar refractivity (Wildman–Crippen MR) is 71.4 cm³/mol. The molecule has 0 aliphatic heterocycles. The average molecular weight is 219 g/mol. The average Bonchev–Trinajstić information content (AvgIpc) is 2.29. The van der Waals surface area contributed by atoms with Crippen LogP contribution in [0.5, 0.6) is 0 Å². The van der Waals surface area contributed by atoms with Crippen molar-refractivity contribution in [3.63, 3.8) is 0 Å². The first kappa shape index (κ1) is 13.2. The molecule has 2 N–H and O–H groups in total. The van der Waals surface area contributed by atoms with Gasteiger partial charge in [0.1, 0.15) is 0 Å². The minimum Gasteiger partial charge on any atom is -0.324 e. The van der Waals surface area contributed by atoms with Gasteiger partial charge in [0, 0.05) is 6.04 Å². The lowest BCUT2D eigenvalue weighted by atomic mass is 9.93. The van der Waals surface area contributed by atoms with Crippen molar-refractivity contribution in [3.05, 3.63) is 35.4 Å². The van der Waals surface area contributed by atoms with Gasteiger partial charge in [-0.15, -0.1) is 0 Å². The SMILES string of the molecule is CCCc1cccc(C(N)CC(C)CC)c1. The fourth-order valence-electron chi connectivity index (χ4n) is 2.00. The Labute approximate surface area is 100 Å². The lowest BCUT2D eigenvalue weighted by Crippen LogP contribution is -2.14. The first-order valence-corrected chi connectivity index (χ1v) is 6.51. The summed E-state index contributed by atoms with van der Waals surface area (Å²) in [5.74, 6) is 0.713. The molecule has 0 saturated carbocycles. The van der Waals surface area contributed by atoms with Gasteiger partial charge in [0.05, 0.1) is 0 Å². The zero-order valence-electron chi connectivity index (χ0n) is 10.9. The highest BCUT2D eigenvalue weighted by Gasteiger charge is 2.10. The van der Waals surface area contributed by atoms with Crippen LogP contribution in [0.2, 0.25) is 0 Å². The van der Waals surface area contributed by atoms with Crippen molar-refractivity contribution in [3.8, 4) is 0 Å². The highest BCUT2D eigenvalue weighted by atomic mass is 14.6. The van der Waals surface area contributed by atoms with Crippen LogP contribution < -0.4 is 5.73 Å². The fraction of sp³-hybridized carbons (Fsp3) is 0.600. The maximum atomic E-state index is 6.24. The van der Waals surface area contributed by atoms with Gasteiger partial charge in [0.25, 0.3) is 0 Å². The lowest BCUT2D eigenvalue weighted by molar-refractivity contribution is 0.461. The molecule has 0 saturated heterocycles. The molecular weight excluding hydrogens is 194 g/mol. The number of nitrogens with two attached hydrogens (primary N) is 1. The van der Waals surface area contributed by atoms with Crippen LogP contribution in [0.4, 0.5) is 0 Å². The largest absolute Gasteiger partial charge is 0.324 e. The lowest BCUT2D eigenvalue weighted by Gasteiger charge is -2.17. The van der Waals surface area contributed by atoms with E-state index in [0.29, 0.717) is 5.92 Å². The Morgan fingerprint density at radius 1 is 1.25 bits per heavy atom. The summed E-state index contributed by atoms with van der Waals surface area (Å²) in [5, 5.41) is 0. The molecule has 0 amide bonds. The molecule has 16 heavy (non-hydrogen) atoms. The molecule has 90 valence electrons. The maximum Gasteiger partial charge on any atom is 0.0297 e. The van der Waals surface area contributed by atoms with Gasteiger partial charge in [-0.25, -0.2) is 0 Å². The van der Waals surface area contributed by atoms with Crippen LogP contribution >= 0.6 is 0 Å².